The molecule has 0 saturated carbocycles. The number of aryl methyl sites for hydroxylation is 1. The number of carbonyl (C=O) groups is 1. The molecule has 0 spiro atoms. The Bertz CT molecular complexity index is 941. The maximum atomic E-state index is 12.5. The number of carbonyl (C=O) groups excluding carboxylic acids is 1. The number of hydrogen-bond acceptors (Lipinski definition) is 4. The smallest absolute Gasteiger partial charge is 0.308 e. The Morgan fingerprint density at radius 1 is 1.35 bits per heavy atom. The molecule has 0 fully saturated rings. The normalized spacial score (nSPS) is 17.0. The summed E-state index contributed by atoms with van der Waals surface area (Å²) in [5.74, 6) is -0.227. The van der Waals surface area contributed by atoms with Crippen molar-refractivity contribution in [3.63, 3.8) is 0 Å². The molecule has 0 saturated heterocycles. The lowest BCUT2D eigenvalue weighted by Crippen LogP contribution is -2.35. The largest absolute Gasteiger partial charge is 0.432 e. The fourth-order valence-electron chi connectivity index (χ4n) is 3.12. The predicted molar refractivity (Wildman–Crippen MR) is 83.3 cm³/mol. The molecule has 1 aromatic carbocycles. The molecule has 0 radical (unpaired) electrons. The maximum absolute atomic E-state index is 12.5. The van der Waals surface area contributed by atoms with Crippen LogP contribution in [0.5, 0.6) is 0 Å². The number of fused-ring (bicyclic) bond motifs is 2. The molecule has 3 aromatic rings. The third-order valence-electron chi connectivity index (χ3n) is 4.26. The van der Waals surface area contributed by atoms with Crippen molar-refractivity contribution in [3.05, 3.63) is 70.0 Å². The van der Waals surface area contributed by atoms with Crippen LogP contribution in [0.2, 0.25) is 0 Å². The molecule has 1 amide bonds. The Balaban J connectivity index is 1.65. The number of rotatable bonds is 2. The van der Waals surface area contributed by atoms with Crippen molar-refractivity contribution in [1.29, 1.82) is 0 Å². The molecule has 1 atom stereocenters. The lowest BCUT2D eigenvalue weighted by molar-refractivity contribution is 0.0930. The highest BCUT2D eigenvalue weighted by molar-refractivity contribution is 5.94. The molecule has 23 heavy (non-hydrogen) atoms. The zero-order valence-electron chi connectivity index (χ0n) is 12.4. The summed E-state index contributed by atoms with van der Waals surface area (Å²) in [6.45, 7) is 0. The van der Waals surface area contributed by atoms with Gasteiger partial charge in [-0.05, 0) is 30.4 Å². The molecule has 1 N–H and O–H groups in total. The van der Waals surface area contributed by atoms with Crippen molar-refractivity contribution < 1.29 is 9.21 Å². The van der Waals surface area contributed by atoms with Crippen LogP contribution < -0.4 is 10.9 Å². The van der Waals surface area contributed by atoms with Gasteiger partial charge in [-0.3, -0.25) is 9.59 Å². The highest BCUT2D eigenvalue weighted by atomic mass is 16.3. The summed E-state index contributed by atoms with van der Waals surface area (Å²) in [6, 6.07) is 8.02. The lowest BCUT2D eigenvalue weighted by Gasteiger charge is -2.26. The summed E-state index contributed by atoms with van der Waals surface area (Å²) in [5, 5.41) is 2.97. The van der Waals surface area contributed by atoms with Crippen LogP contribution >= 0.6 is 0 Å². The van der Waals surface area contributed by atoms with Crippen LogP contribution in [0, 0.1) is 0 Å². The molecule has 1 aliphatic rings. The van der Waals surface area contributed by atoms with Crippen molar-refractivity contribution in [3.8, 4) is 0 Å². The van der Waals surface area contributed by atoms with Gasteiger partial charge in [-0.25, -0.2) is 9.38 Å². The van der Waals surface area contributed by atoms with E-state index in [0.717, 1.165) is 24.8 Å². The summed E-state index contributed by atoms with van der Waals surface area (Å²) < 4.78 is 6.28. The fourth-order valence-corrected chi connectivity index (χ4v) is 3.12. The minimum atomic E-state index is -0.426. The van der Waals surface area contributed by atoms with E-state index in [0.29, 0.717) is 0 Å². The van der Waals surface area contributed by atoms with Gasteiger partial charge in [-0.15, -0.1) is 0 Å². The van der Waals surface area contributed by atoms with Crippen LogP contribution in [0.3, 0.4) is 0 Å². The van der Waals surface area contributed by atoms with E-state index in [-0.39, 0.29) is 17.4 Å². The van der Waals surface area contributed by atoms with Gasteiger partial charge in [-0.2, -0.15) is 0 Å². The number of nitrogens with zero attached hydrogens (tertiary/aromatic N) is 2. The predicted octanol–water partition coefficient (Wildman–Crippen LogP) is 2.09. The van der Waals surface area contributed by atoms with E-state index >= 15 is 0 Å². The third kappa shape index (κ3) is 2.32. The van der Waals surface area contributed by atoms with E-state index in [1.165, 1.54) is 28.6 Å². The van der Waals surface area contributed by atoms with Crippen molar-refractivity contribution in [2.75, 3.05) is 0 Å². The topological polar surface area (TPSA) is 76.6 Å². The Hall–Kier alpha value is -2.89. The summed E-state index contributed by atoms with van der Waals surface area (Å²) >= 11 is 0. The van der Waals surface area contributed by atoms with Crippen molar-refractivity contribution in [1.82, 2.24) is 14.7 Å². The van der Waals surface area contributed by atoms with Crippen molar-refractivity contribution in [2.24, 2.45) is 0 Å². The first-order valence-corrected chi connectivity index (χ1v) is 7.57. The van der Waals surface area contributed by atoms with Gasteiger partial charge >= 0.3 is 5.84 Å². The van der Waals surface area contributed by atoms with E-state index < -0.39 is 11.5 Å². The molecule has 0 bridgehead atoms. The van der Waals surface area contributed by atoms with Crippen molar-refractivity contribution in [2.45, 2.75) is 25.3 Å². The first kappa shape index (κ1) is 13.8. The van der Waals surface area contributed by atoms with Crippen LogP contribution in [0.15, 0.2) is 52.1 Å². The number of aromatic nitrogens is 2. The Morgan fingerprint density at radius 3 is 3.13 bits per heavy atom. The van der Waals surface area contributed by atoms with E-state index in [2.05, 4.69) is 16.4 Å². The second-order valence-electron chi connectivity index (χ2n) is 5.65. The van der Waals surface area contributed by atoms with Crippen LogP contribution in [0.25, 0.3) is 5.84 Å². The molecule has 2 aromatic heterocycles. The number of nitrogens with one attached hydrogen (secondary N) is 1. The first-order chi connectivity index (χ1) is 11.2. The SMILES string of the molecule is O=C(NC1CCCc2ccccc21)c1cnc2occn2c1=O. The number of hydrogen-bond donors (Lipinski definition) is 1. The van der Waals surface area contributed by atoms with Crippen molar-refractivity contribution >= 4 is 11.8 Å². The van der Waals surface area contributed by atoms with Gasteiger partial charge in [0.15, 0.2) is 0 Å². The summed E-state index contributed by atoms with van der Waals surface area (Å²) in [4.78, 5) is 28.8. The van der Waals surface area contributed by atoms with Gasteiger partial charge in [0.25, 0.3) is 11.5 Å². The quantitative estimate of drug-likeness (QED) is 0.786. The van der Waals surface area contributed by atoms with E-state index in [9.17, 15) is 9.59 Å². The molecule has 4 rings (SSSR count). The van der Waals surface area contributed by atoms with E-state index in [1.54, 1.807) is 0 Å². The average Bonchev–Trinajstić information content (AvgIpc) is 3.05. The number of amides is 1. The highest BCUT2D eigenvalue weighted by Gasteiger charge is 2.23. The van der Waals surface area contributed by atoms with Gasteiger partial charge in [0, 0.05) is 0 Å². The average molecular weight is 309 g/mol. The zero-order valence-corrected chi connectivity index (χ0v) is 12.4. The first-order valence-electron chi connectivity index (χ1n) is 7.57. The van der Waals surface area contributed by atoms with Gasteiger partial charge < -0.3 is 9.73 Å². The molecule has 2 heterocycles. The highest BCUT2D eigenvalue weighted by Crippen LogP contribution is 2.29. The second kappa shape index (κ2) is 5.39. The fraction of sp³-hybridized carbons (Fsp3) is 0.235. The lowest BCUT2D eigenvalue weighted by atomic mass is 9.87. The summed E-state index contributed by atoms with van der Waals surface area (Å²) in [5.41, 5.74) is 1.98. The maximum Gasteiger partial charge on any atom is 0.308 e. The zero-order chi connectivity index (χ0) is 15.8. The van der Waals surface area contributed by atoms with Gasteiger partial charge in [0.05, 0.1) is 18.4 Å². The Labute approximate surface area is 131 Å². The minimum Gasteiger partial charge on any atom is -0.432 e. The Morgan fingerprint density at radius 2 is 2.22 bits per heavy atom. The van der Waals surface area contributed by atoms with Crippen LogP contribution in [0.1, 0.15) is 40.4 Å². The van der Waals surface area contributed by atoms with Gasteiger partial charge in [-0.1, -0.05) is 24.3 Å². The standard InChI is InChI=1S/C17H15N3O3/c21-15(13-10-18-17-20(16(13)22)8-9-23-17)19-14-7-3-5-11-4-1-2-6-12(11)14/h1-2,4,6,8-10,14H,3,5,7H2,(H,19,21). The minimum absolute atomic E-state index is 0.0203. The number of oxazole rings is 1. The summed E-state index contributed by atoms with van der Waals surface area (Å²) in [6.07, 6.45) is 6.99. The molecule has 116 valence electrons. The molecule has 0 aliphatic heterocycles. The molecule has 1 aliphatic carbocycles. The van der Waals surface area contributed by atoms with Crippen LogP contribution in [-0.4, -0.2) is 15.3 Å². The van der Waals surface area contributed by atoms with Crippen LogP contribution in [0.4, 0.5) is 0 Å². The summed E-state index contributed by atoms with van der Waals surface area (Å²) in [7, 11) is 0. The van der Waals surface area contributed by atoms with Gasteiger partial charge in [0.1, 0.15) is 11.8 Å². The molecular weight excluding hydrogens is 294 g/mol. The van der Waals surface area contributed by atoms with Gasteiger partial charge in [0.2, 0.25) is 0 Å². The molecule has 1 unspecified atom stereocenters. The molecule has 6 heteroatoms. The van der Waals surface area contributed by atoms with E-state index in [1.807, 2.05) is 18.2 Å². The van der Waals surface area contributed by atoms with Crippen LogP contribution in [-0.2, 0) is 6.42 Å². The molecule has 6 nitrogen and oxygen atoms in total. The number of benzene rings is 1. The Kier molecular flexibility index (Phi) is 3.22. The van der Waals surface area contributed by atoms with E-state index in [4.69, 9.17) is 4.42 Å². The molecular formula is C17H15N3O3. The second-order valence-corrected chi connectivity index (χ2v) is 5.65. The monoisotopic (exact) mass is 309 g/mol. The third-order valence-corrected chi connectivity index (χ3v) is 4.26.